The van der Waals surface area contributed by atoms with Gasteiger partial charge in [0.2, 0.25) is 5.91 Å². The number of benzene rings is 2. The van der Waals surface area contributed by atoms with Crippen molar-refractivity contribution in [1.29, 1.82) is 0 Å². The SMILES string of the molecule is COc1ccc(S(=O)(=O)CCCC(=O)Nc2sccc2-c2nc3ccccc3s2)cc1. The van der Waals surface area contributed by atoms with Crippen molar-refractivity contribution in [3.05, 3.63) is 60.0 Å². The first kappa shape index (κ1) is 21.5. The summed E-state index contributed by atoms with van der Waals surface area (Å²) in [6.07, 6.45) is 0.356. The Kier molecular flexibility index (Phi) is 6.35. The van der Waals surface area contributed by atoms with Crippen LogP contribution in [0.15, 0.2) is 64.9 Å². The summed E-state index contributed by atoms with van der Waals surface area (Å²) in [5, 5.41) is 6.39. The molecule has 0 aliphatic carbocycles. The van der Waals surface area contributed by atoms with E-state index in [1.165, 1.54) is 30.6 Å². The Labute approximate surface area is 188 Å². The number of anilines is 1. The molecule has 6 nitrogen and oxygen atoms in total. The quantitative estimate of drug-likeness (QED) is 0.380. The standard InChI is InChI=1S/C22H20N2O4S3/c1-28-15-8-10-16(11-9-15)31(26,27)14-4-7-20(25)24-21-17(12-13-29-21)22-23-18-5-2-3-6-19(18)30-22/h2-3,5-6,8-13H,4,7,14H2,1H3,(H,24,25). The van der Waals surface area contributed by atoms with Crippen molar-refractivity contribution in [2.24, 2.45) is 0 Å². The summed E-state index contributed by atoms with van der Waals surface area (Å²) in [4.78, 5) is 17.3. The summed E-state index contributed by atoms with van der Waals surface area (Å²) in [6.45, 7) is 0. The van der Waals surface area contributed by atoms with E-state index in [-0.39, 0.29) is 29.4 Å². The molecule has 0 aliphatic rings. The van der Waals surface area contributed by atoms with Crippen LogP contribution in [0.5, 0.6) is 5.75 Å². The third-order valence-electron chi connectivity index (χ3n) is 4.68. The predicted molar refractivity (Wildman–Crippen MR) is 126 cm³/mol. The molecule has 2 aromatic heterocycles. The van der Waals surface area contributed by atoms with Crippen LogP contribution in [-0.2, 0) is 14.6 Å². The van der Waals surface area contributed by atoms with Gasteiger partial charge >= 0.3 is 0 Å². The number of carbonyl (C=O) groups excluding carboxylic acids is 1. The van der Waals surface area contributed by atoms with E-state index in [0.717, 1.165) is 25.8 Å². The molecule has 0 saturated carbocycles. The molecule has 0 bridgehead atoms. The minimum absolute atomic E-state index is 0.0953. The van der Waals surface area contributed by atoms with Gasteiger partial charge in [0.25, 0.3) is 0 Å². The topological polar surface area (TPSA) is 85.4 Å². The summed E-state index contributed by atoms with van der Waals surface area (Å²) in [5.74, 6) is 0.287. The zero-order valence-corrected chi connectivity index (χ0v) is 19.1. The summed E-state index contributed by atoms with van der Waals surface area (Å²) in [6, 6.07) is 16.1. The summed E-state index contributed by atoms with van der Waals surface area (Å²) in [5.41, 5.74) is 1.81. The van der Waals surface area contributed by atoms with Gasteiger partial charge in [0, 0.05) is 12.0 Å². The molecule has 2 aromatic carbocycles. The Hall–Kier alpha value is -2.75. The van der Waals surface area contributed by atoms with E-state index in [0.29, 0.717) is 5.75 Å². The molecule has 0 fully saturated rings. The lowest BCUT2D eigenvalue weighted by Crippen LogP contribution is -2.14. The first-order valence-corrected chi connectivity index (χ1v) is 12.9. The van der Waals surface area contributed by atoms with Crippen LogP contribution in [-0.4, -0.2) is 32.2 Å². The second kappa shape index (κ2) is 9.17. The Morgan fingerprint density at radius 3 is 2.61 bits per heavy atom. The van der Waals surface area contributed by atoms with E-state index in [2.05, 4.69) is 10.3 Å². The number of sulfone groups is 1. The van der Waals surface area contributed by atoms with Crippen molar-refractivity contribution in [2.45, 2.75) is 17.7 Å². The van der Waals surface area contributed by atoms with Crippen LogP contribution in [0.4, 0.5) is 5.00 Å². The average molecular weight is 473 g/mol. The Balaban J connectivity index is 1.37. The molecule has 0 saturated heterocycles. The fourth-order valence-electron chi connectivity index (χ4n) is 3.07. The molecule has 0 radical (unpaired) electrons. The second-order valence-corrected chi connectivity index (χ2v) is 10.9. The van der Waals surface area contributed by atoms with E-state index in [9.17, 15) is 13.2 Å². The van der Waals surface area contributed by atoms with E-state index in [1.54, 1.807) is 23.5 Å². The van der Waals surface area contributed by atoms with Crippen LogP contribution in [0.3, 0.4) is 0 Å². The van der Waals surface area contributed by atoms with Gasteiger partial charge in [-0.2, -0.15) is 0 Å². The highest BCUT2D eigenvalue weighted by Crippen LogP contribution is 2.37. The molecule has 0 atom stereocenters. The number of hydrogen-bond acceptors (Lipinski definition) is 7. The zero-order valence-electron chi connectivity index (χ0n) is 16.7. The average Bonchev–Trinajstić information content (AvgIpc) is 3.40. The number of ether oxygens (including phenoxy) is 1. The number of rotatable bonds is 8. The van der Waals surface area contributed by atoms with Crippen LogP contribution in [0, 0.1) is 0 Å². The van der Waals surface area contributed by atoms with Crippen LogP contribution in [0.2, 0.25) is 0 Å². The van der Waals surface area contributed by atoms with Gasteiger partial charge in [0.1, 0.15) is 15.8 Å². The molecule has 1 amide bonds. The Morgan fingerprint density at radius 1 is 1.10 bits per heavy atom. The van der Waals surface area contributed by atoms with Gasteiger partial charge in [-0.05, 0) is 54.3 Å². The van der Waals surface area contributed by atoms with Crippen molar-refractivity contribution in [3.63, 3.8) is 0 Å². The summed E-state index contributed by atoms with van der Waals surface area (Å²) in [7, 11) is -1.92. The maximum absolute atomic E-state index is 12.5. The number of fused-ring (bicyclic) bond motifs is 1. The maximum Gasteiger partial charge on any atom is 0.225 e. The lowest BCUT2D eigenvalue weighted by atomic mass is 10.3. The number of thiophene rings is 1. The van der Waals surface area contributed by atoms with E-state index in [1.807, 2.05) is 35.7 Å². The van der Waals surface area contributed by atoms with Gasteiger partial charge in [-0.1, -0.05) is 12.1 Å². The molecular weight excluding hydrogens is 452 g/mol. The van der Waals surface area contributed by atoms with Crippen molar-refractivity contribution in [3.8, 4) is 16.3 Å². The third-order valence-corrected chi connectivity index (χ3v) is 8.39. The third kappa shape index (κ3) is 4.95. The maximum atomic E-state index is 12.5. The Bertz CT molecular complexity index is 1280. The summed E-state index contributed by atoms with van der Waals surface area (Å²) < 4.78 is 31.1. The van der Waals surface area contributed by atoms with Crippen LogP contribution < -0.4 is 10.1 Å². The minimum Gasteiger partial charge on any atom is -0.497 e. The fourth-order valence-corrected chi connectivity index (χ4v) is 6.25. The summed E-state index contributed by atoms with van der Waals surface area (Å²) >= 11 is 3.00. The molecule has 0 aliphatic heterocycles. The largest absolute Gasteiger partial charge is 0.497 e. The van der Waals surface area contributed by atoms with Crippen LogP contribution in [0.25, 0.3) is 20.8 Å². The van der Waals surface area contributed by atoms with Gasteiger partial charge < -0.3 is 10.1 Å². The number of hydrogen-bond donors (Lipinski definition) is 1. The number of carbonyl (C=O) groups is 1. The molecule has 4 aromatic rings. The first-order chi connectivity index (χ1) is 15.0. The van der Waals surface area contributed by atoms with Crippen LogP contribution >= 0.6 is 22.7 Å². The number of para-hydroxylation sites is 1. The molecular formula is C22H20N2O4S3. The van der Waals surface area contributed by atoms with Crippen LogP contribution in [0.1, 0.15) is 12.8 Å². The monoisotopic (exact) mass is 472 g/mol. The second-order valence-electron chi connectivity index (χ2n) is 6.80. The van der Waals surface area contributed by atoms with Gasteiger partial charge in [-0.15, -0.1) is 22.7 Å². The number of thiazole rings is 1. The lowest BCUT2D eigenvalue weighted by Gasteiger charge is -2.07. The molecule has 2 heterocycles. The lowest BCUT2D eigenvalue weighted by molar-refractivity contribution is -0.116. The minimum atomic E-state index is -3.45. The van der Waals surface area contributed by atoms with E-state index < -0.39 is 9.84 Å². The Morgan fingerprint density at radius 2 is 1.87 bits per heavy atom. The first-order valence-electron chi connectivity index (χ1n) is 9.56. The van der Waals surface area contributed by atoms with E-state index in [4.69, 9.17) is 4.74 Å². The van der Waals surface area contributed by atoms with Crippen molar-refractivity contribution >= 4 is 53.6 Å². The van der Waals surface area contributed by atoms with Gasteiger partial charge in [0.05, 0.1) is 28.0 Å². The van der Waals surface area contributed by atoms with Crippen molar-refractivity contribution in [2.75, 3.05) is 18.2 Å². The highest BCUT2D eigenvalue weighted by atomic mass is 32.2. The smallest absolute Gasteiger partial charge is 0.225 e. The highest BCUT2D eigenvalue weighted by molar-refractivity contribution is 7.91. The van der Waals surface area contributed by atoms with Crippen molar-refractivity contribution in [1.82, 2.24) is 4.98 Å². The number of amides is 1. The normalized spacial score (nSPS) is 11.5. The molecule has 1 N–H and O–H groups in total. The molecule has 0 spiro atoms. The van der Waals surface area contributed by atoms with Gasteiger partial charge in [-0.25, -0.2) is 13.4 Å². The molecule has 0 unspecified atom stereocenters. The highest BCUT2D eigenvalue weighted by Gasteiger charge is 2.17. The molecule has 4 rings (SSSR count). The molecule has 31 heavy (non-hydrogen) atoms. The zero-order chi connectivity index (χ0) is 21.8. The predicted octanol–water partition coefficient (Wildman–Crippen LogP) is 5.23. The molecule has 160 valence electrons. The van der Waals surface area contributed by atoms with Crippen molar-refractivity contribution < 1.29 is 17.9 Å². The number of aromatic nitrogens is 1. The molecule has 9 heteroatoms. The van der Waals surface area contributed by atoms with Gasteiger partial charge in [0.15, 0.2) is 9.84 Å². The van der Waals surface area contributed by atoms with E-state index >= 15 is 0 Å². The fraction of sp³-hybridized carbons (Fsp3) is 0.182. The number of nitrogens with one attached hydrogen (secondary N) is 1. The number of nitrogens with zero attached hydrogens (tertiary/aromatic N) is 1. The van der Waals surface area contributed by atoms with Gasteiger partial charge in [-0.3, -0.25) is 4.79 Å². The number of methoxy groups -OCH3 is 1.